The van der Waals surface area contributed by atoms with E-state index < -0.39 is 0 Å². The van der Waals surface area contributed by atoms with E-state index in [-0.39, 0.29) is 0 Å². The summed E-state index contributed by atoms with van der Waals surface area (Å²) in [4.78, 5) is 4.78. The number of rotatable bonds is 5. The molecule has 0 saturated heterocycles. The van der Waals surface area contributed by atoms with Crippen molar-refractivity contribution in [2.45, 2.75) is 19.8 Å². The molecule has 0 spiro atoms. The van der Waals surface area contributed by atoms with Crippen LogP contribution in [-0.4, -0.2) is 16.6 Å². The molecule has 2 aromatic rings. The van der Waals surface area contributed by atoms with Crippen LogP contribution < -0.4 is 10.5 Å². The average Bonchev–Trinajstić information content (AvgIpc) is 2.70. The van der Waals surface area contributed by atoms with Crippen molar-refractivity contribution in [3.05, 3.63) is 24.1 Å². The predicted octanol–water partition coefficient (Wildman–Crippen LogP) is 2.45. The maximum atomic E-state index is 5.54. The van der Waals surface area contributed by atoms with Gasteiger partial charge < -0.3 is 14.9 Å². The maximum absolute atomic E-state index is 5.54. The summed E-state index contributed by atoms with van der Waals surface area (Å²) in [6.07, 6.45) is 1.36. The van der Waals surface area contributed by atoms with E-state index in [4.69, 9.17) is 27.1 Å². The van der Waals surface area contributed by atoms with Crippen LogP contribution in [0, 0.1) is 0 Å². The van der Waals surface area contributed by atoms with Gasteiger partial charge in [-0.15, -0.1) is 0 Å². The highest BCUT2D eigenvalue weighted by atomic mass is 32.1. The molecule has 1 aromatic heterocycles. The molecule has 0 bridgehead atoms. The van der Waals surface area contributed by atoms with Crippen LogP contribution >= 0.6 is 12.2 Å². The Morgan fingerprint density at radius 2 is 2.35 bits per heavy atom. The van der Waals surface area contributed by atoms with E-state index in [0.717, 1.165) is 29.2 Å². The van der Waals surface area contributed by atoms with Crippen molar-refractivity contribution in [3.8, 4) is 5.75 Å². The minimum atomic E-state index is 0.457. The fourth-order valence-electron chi connectivity index (χ4n) is 1.46. The number of oxazole rings is 1. The normalized spacial score (nSPS) is 10.6. The summed E-state index contributed by atoms with van der Waals surface area (Å²) < 4.78 is 11.1. The standard InChI is InChI=1S/C12H14N2O2S/c1-2-12-14-9-4-3-8(7-10(9)16-12)15-6-5-11(13)17/h3-4,7H,2,5-6H2,1H3,(H2,13,17). The van der Waals surface area contributed by atoms with Crippen LogP contribution in [0.4, 0.5) is 0 Å². The predicted molar refractivity (Wildman–Crippen MR) is 70.3 cm³/mol. The van der Waals surface area contributed by atoms with Gasteiger partial charge >= 0.3 is 0 Å². The molecule has 5 heteroatoms. The lowest BCUT2D eigenvalue weighted by atomic mass is 10.3. The fraction of sp³-hybridized carbons (Fsp3) is 0.333. The van der Waals surface area contributed by atoms with Gasteiger partial charge in [0, 0.05) is 18.9 Å². The second kappa shape index (κ2) is 5.14. The Hall–Kier alpha value is -1.62. The quantitative estimate of drug-likeness (QED) is 0.826. The van der Waals surface area contributed by atoms with E-state index in [1.807, 2.05) is 25.1 Å². The maximum Gasteiger partial charge on any atom is 0.195 e. The Labute approximate surface area is 105 Å². The molecule has 0 aliphatic carbocycles. The van der Waals surface area contributed by atoms with Crippen molar-refractivity contribution in [2.24, 2.45) is 5.73 Å². The van der Waals surface area contributed by atoms with E-state index in [9.17, 15) is 0 Å². The van der Waals surface area contributed by atoms with Gasteiger partial charge in [0.05, 0.1) is 11.6 Å². The molecule has 0 fully saturated rings. The van der Waals surface area contributed by atoms with E-state index in [1.165, 1.54) is 0 Å². The second-order valence-electron chi connectivity index (χ2n) is 3.66. The number of benzene rings is 1. The molecule has 0 amide bonds. The van der Waals surface area contributed by atoms with Gasteiger partial charge in [-0.2, -0.15) is 0 Å². The molecular weight excluding hydrogens is 236 g/mol. The first-order valence-corrected chi connectivity index (χ1v) is 5.90. The molecule has 4 nitrogen and oxygen atoms in total. The molecule has 0 aliphatic rings. The summed E-state index contributed by atoms with van der Waals surface area (Å²) in [5, 5.41) is 0. The molecule has 1 heterocycles. The Balaban J connectivity index is 2.11. The summed E-state index contributed by atoms with van der Waals surface area (Å²) in [5.74, 6) is 1.48. The first-order valence-electron chi connectivity index (χ1n) is 5.49. The summed E-state index contributed by atoms with van der Waals surface area (Å²) in [7, 11) is 0. The number of hydrogen-bond acceptors (Lipinski definition) is 4. The first-order chi connectivity index (χ1) is 8.19. The molecule has 2 N–H and O–H groups in total. The summed E-state index contributed by atoms with van der Waals surface area (Å²) in [5.41, 5.74) is 6.99. The molecule has 1 aromatic carbocycles. The number of aryl methyl sites for hydroxylation is 1. The van der Waals surface area contributed by atoms with Gasteiger partial charge in [-0.1, -0.05) is 19.1 Å². The molecule has 0 atom stereocenters. The Kier molecular flexibility index (Phi) is 3.58. The third kappa shape index (κ3) is 2.94. The molecule has 0 saturated carbocycles. The Morgan fingerprint density at radius 3 is 3.06 bits per heavy atom. The lowest BCUT2D eigenvalue weighted by Crippen LogP contribution is -2.12. The zero-order valence-electron chi connectivity index (χ0n) is 9.60. The van der Waals surface area contributed by atoms with Gasteiger partial charge in [0.2, 0.25) is 0 Å². The van der Waals surface area contributed by atoms with Gasteiger partial charge in [0.15, 0.2) is 11.5 Å². The van der Waals surface area contributed by atoms with Crippen molar-refractivity contribution in [3.63, 3.8) is 0 Å². The highest BCUT2D eigenvalue weighted by Gasteiger charge is 2.05. The average molecular weight is 250 g/mol. The smallest absolute Gasteiger partial charge is 0.195 e. The van der Waals surface area contributed by atoms with Crippen LogP contribution in [0.15, 0.2) is 22.6 Å². The fourth-order valence-corrected chi connectivity index (χ4v) is 1.55. The highest BCUT2D eigenvalue weighted by Crippen LogP contribution is 2.21. The number of ether oxygens (including phenoxy) is 1. The van der Waals surface area contributed by atoms with Crippen molar-refractivity contribution in [2.75, 3.05) is 6.61 Å². The summed E-state index contributed by atoms with van der Waals surface area (Å²) in [6.45, 7) is 2.49. The minimum absolute atomic E-state index is 0.457. The molecule has 90 valence electrons. The summed E-state index contributed by atoms with van der Waals surface area (Å²) in [6, 6.07) is 5.58. The highest BCUT2D eigenvalue weighted by molar-refractivity contribution is 7.80. The lowest BCUT2D eigenvalue weighted by Gasteiger charge is -2.04. The number of fused-ring (bicyclic) bond motifs is 1. The zero-order chi connectivity index (χ0) is 12.3. The van der Waals surface area contributed by atoms with Crippen molar-refractivity contribution >= 4 is 28.3 Å². The number of thiocarbonyl (C=S) groups is 1. The molecule has 0 radical (unpaired) electrons. The molecular formula is C12H14N2O2S. The monoisotopic (exact) mass is 250 g/mol. The van der Waals surface area contributed by atoms with Crippen molar-refractivity contribution < 1.29 is 9.15 Å². The molecule has 0 unspecified atom stereocenters. The van der Waals surface area contributed by atoms with Crippen molar-refractivity contribution in [1.82, 2.24) is 4.98 Å². The molecule has 0 aliphatic heterocycles. The van der Waals surface area contributed by atoms with E-state index in [2.05, 4.69) is 4.98 Å². The third-order valence-electron chi connectivity index (χ3n) is 2.32. The van der Waals surface area contributed by atoms with Gasteiger partial charge in [-0.25, -0.2) is 4.98 Å². The van der Waals surface area contributed by atoms with Crippen LogP contribution in [0.5, 0.6) is 5.75 Å². The van der Waals surface area contributed by atoms with E-state index >= 15 is 0 Å². The van der Waals surface area contributed by atoms with Gasteiger partial charge in [-0.05, 0) is 12.1 Å². The van der Waals surface area contributed by atoms with Crippen LogP contribution in [0.1, 0.15) is 19.2 Å². The SMILES string of the molecule is CCc1nc2ccc(OCCC(N)=S)cc2o1. The first kappa shape index (κ1) is 11.9. The Morgan fingerprint density at radius 1 is 1.53 bits per heavy atom. The topological polar surface area (TPSA) is 61.3 Å². The van der Waals surface area contributed by atoms with Crippen LogP contribution in [-0.2, 0) is 6.42 Å². The van der Waals surface area contributed by atoms with E-state index in [1.54, 1.807) is 0 Å². The van der Waals surface area contributed by atoms with E-state index in [0.29, 0.717) is 18.0 Å². The van der Waals surface area contributed by atoms with Gasteiger partial charge in [0.25, 0.3) is 0 Å². The number of nitrogens with two attached hydrogens (primary N) is 1. The lowest BCUT2D eigenvalue weighted by molar-refractivity contribution is 0.329. The van der Waals surface area contributed by atoms with Gasteiger partial charge in [-0.3, -0.25) is 0 Å². The summed E-state index contributed by atoms with van der Waals surface area (Å²) >= 11 is 4.78. The van der Waals surface area contributed by atoms with Crippen LogP contribution in [0.3, 0.4) is 0 Å². The molecule has 2 rings (SSSR count). The number of aromatic nitrogens is 1. The minimum Gasteiger partial charge on any atom is -0.493 e. The number of hydrogen-bond donors (Lipinski definition) is 1. The molecule has 17 heavy (non-hydrogen) atoms. The second-order valence-corrected chi connectivity index (χ2v) is 4.18. The largest absolute Gasteiger partial charge is 0.493 e. The zero-order valence-corrected chi connectivity index (χ0v) is 10.4. The van der Waals surface area contributed by atoms with Crippen molar-refractivity contribution in [1.29, 1.82) is 0 Å². The van der Waals surface area contributed by atoms with Gasteiger partial charge in [0.1, 0.15) is 11.3 Å². The Bertz CT molecular complexity index is 536. The third-order valence-corrected chi connectivity index (χ3v) is 2.53. The number of nitrogens with zero attached hydrogens (tertiary/aromatic N) is 1. The van der Waals surface area contributed by atoms with Crippen LogP contribution in [0.25, 0.3) is 11.1 Å². The van der Waals surface area contributed by atoms with Crippen LogP contribution in [0.2, 0.25) is 0 Å².